The molecule has 2 amide bonds. The Morgan fingerprint density at radius 3 is 2.62 bits per heavy atom. The lowest BCUT2D eigenvalue weighted by Gasteiger charge is -2.30. The topological polar surface area (TPSA) is 110 Å². The third-order valence-corrected chi connectivity index (χ3v) is 4.64. The van der Waals surface area contributed by atoms with Crippen molar-refractivity contribution in [3.8, 4) is 0 Å². The van der Waals surface area contributed by atoms with Gasteiger partial charge in [-0.15, -0.1) is 0 Å². The lowest BCUT2D eigenvalue weighted by Crippen LogP contribution is -2.53. The molecule has 3 rings (SSSR count). The van der Waals surface area contributed by atoms with Crippen molar-refractivity contribution in [2.75, 3.05) is 18.5 Å². The highest BCUT2D eigenvalue weighted by Gasteiger charge is 2.22. The molecule has 0 bridgehead atoms. The summed E-state index contributed by atoms with van der Waals surface area (Å²) in [6.07, 6.45) is 0.696. The number of rotatable bonds is 8. The van der Waals surface area contributed by atoms with E-state index in [1.54, 1.807) is 18.2 Å². The van der Waals surface area contributed by atoms with Crippen molar-refractivity contribution in [1.29, 1.82) is 0 Å². The first kappa shape index (κ1) is 23.0. The summed E-state index contributed by atoms with van der Waals surface area (Å²) in [5.74, 6) is -0.957. The van der Waals surface area contributed by atoms with Gasteiger partial charge in [0.15, 0.2) is 0 Å². The van der Waals surface area contributed by atoms with Crippen molar-refractivity contribution >= 4 is 28.6 Å². The molecular weight excluding hydrogens is 420 g/mol. The van der Waals surface area contributed by atoms with Gasteiger partial charge in [0.2, 0.25) is 5.91 Å². The monoisotopic (exact) mass is 443 g/mol. The van der Waals surface area contributed by atoms with E-state index in [0.717, 1.165) is 5.39 Å². The number of halogens is 2. The molecule has 10 heteroatoms. The summed E-state index contributed by atoms with van der Waals surface area (Å²) in [4.78, 5) is 28.3. The number of hydrogen-bond acceptors (Lipinski definition) is 6. The minimum absolute atomic E-state index is 0.0104. The first-order valence-electron chi connectivity index (χ1n) is 9.82. The van der Waals surface area contributed by atoms with E-state index in [1.165, 1.54) is 48.5 Å². The van der Waals surface area contributed by atoms with Crippen molar-refractivity contribution in [1.82, 2.24) is 15.4 Å². The number of nitrogens with zero attached hydrogens (tertiary/aromatic N) is 2. The number of carbonyl (C=O) groups excluding carboxylic acids is 2. The van der Waals surface area contributed by atoms with Crippen LogP contribution in [0.3, 0.4) is 0 Å². The molecule has 8 nitrogen and oxygen atoms in total. The Kier molecular flexibility index (Phi) is 7.63. The van der Waals surface area contributed by atoms with Gasteiger partial charge in [-0.2, -0.15) is 0 Å². The molecule has 1 aromatic heterocycles. The molecule has 0 aliphatic rings. The molecule has 0 aliphatic carbocycles. The molecule has 2 aromatic carbocycles. The summed E-state index contributed by atoms with van der Waals surface area (Å²) in [7, 11) is 0. The maximum atomic E-state index is 13.4. The van der Waals surface area contributed by atoms with Crippen LogP contribution in [0.4, 0.5) is 19.4 Å². The number of pyridine rings is 1. The van der Waals surface area contributed by atoms with Crippen LogP contribution in [0.2, 0.25) is 0 Å². The zero-order chi connectivity index (χ0) is 23.1. The van der Waals surface area contributed by atoms with Crippen molar-refractivity contribution in [2.24, 2.45) is 5.73 Å². The van der Waals surface area contributed by atoms with E-state index in [2.05, 4.69) is 15.7 Å². The van der Waals surface area contributed by atoms with Crippen LogP contribution >= 0.6 is 0 Å². The van der Waals surface area contributed by atoms with Gasteiger partial charge < -0.3 is 10.5 Å². The second kappa shape index (κ2) is 10.6. The average molecular weight is 443 g/mol. The molecular formula is C22H23F2N5O3. The van der Waals surface area contributed by atoms with E-state index in [9.17, 15) is 18.4 Å². The number of amides is 2. The Hall–Kier alpha value is -3.63. The first-order chi connectivity index (χ1) is 15.4. The number of hydrogen-bond donors (Lipinski definition) is 3. The zero-order valence-corrected chi connectivity index (χ0v) is 17.3. The number of ether oxygens (including phenoxy) is 1. The van der Waals surface area contributed by atoms with Crippen molar-refractivity contribution < 1.29 is 23.1 Å². The smallest absolute Gasteiger partial charge is 0.412 e. The van der Waals surface area contributed by atoms with Crippen LogP contribution in [0, 0.1) is 11.6 Å². The second-order valence-corrected chi connectivity index (χ2v) is 7.03. The highest BCUT2D eigenvalue weighted by Crippen LogP contribution is 2.18. The molecule has 1 atom stereocenters. The maximum Gasteiger partial charge on any atom is 0.412 e. The van der Waals surface area contributed by atoms with Crippen LogP contribution < -0.4 is 16.5 Å². The minimum Gasteiger partial charge on any atom is -0.447 e. The predicted molar refractivity (Wildman–Crippen MR) is 115 cm³/mol. The van der Waals surface area contributed by atoms with E-state index in [1.807, 2.05) is 0 Å². The summed E-state index contributed by atoms with van der Waals surface area (Å²) in [5, 5.41) is 5.00. The fourth-order valence-electron chi connectivity index (χ4n) is 3.06. The highest BCUT2D eigenvalue weighted by molar-refractivity contribution is 5.89. The molecule has 0 unspecified atom stereocenters. The summed E-state index contributed by atoms with van der Waals surface area (Å²) < 4.78 is 32.0. The molecule has 168 valence electrons. The Labute approximate surface area is 183 Å². The standard InChI is InChI=1S/C22H23F2N5O3/c1-14(30)29(27-11-15-3-2-4-18(23)7-15)20(10-25)13-32-22(31)28-21-9-17-8-19(24)6-5-16(17)12-26-21/h2-9,12,20,27H,10-11,13,25H2,1H3,(H,26,28,31)/t20-/m0/s1. The van der Waals surface area contributed by atoms with E-state index in [4.69, 9.17) is 10.5 Å². The number of aromatic nitrogens is 1. The fraction of sp³-hybridized carbons (Fsp3) is 0.227. The summed E-state index contributed by atoms with van der Waals surface area (Å²) in [6, 6.07) is 11.0. The summed E-state index contributed by atoms with van der Waals surface area (Å²) >= 11 is 0. The van der Waals surface area contributed by atoms with Gasteiger partial charge >= 0.3 is 6.09 Å². The Bertz CT molecular complexity index is 1110. The van der Waals surface area contributed by atoms with Gasteiger partial charge in [0.05, 0.1) is 6.04 Å². The van der Waals surface area contributed by atoms with Crippen LogP contribution in [-0.2, 0) is 16.1 Å². The lowest BCUT2D eigenvalue weighted by atomic mass is 10.2. The van der Waals surface area contributed by atoms with Gasteiger partial charge in [-0.1, -0.05) is 12.1 Å². The molecule has 0 radical (unpaired) electrons. The van der Waals surface area contributed by atoms with Gasteiger partial charge in [-0.05, 0) is 47.3 Å². The van der Waals surface area contributed by atoms with E-state index >= 15 is 0 Å². The molecule has 0 saturated carbocycles. The van der Waals surface area contributed by atoms with Crippen molar-refractivity contribution in [3.05, 3.63) is 71.9 Å². The second-order valence-electron chi connectivity index (χ2n) is 7.03. The Morgan fingerprint density at radius 2 is 1.91 bits per heavy atom. The van der Waals surface area contributed by atoms with Crippen LogP contribution in [0.15, 0.2) is 54.7 Å². The first-order valence-corrected chi connectivity index (χ1v) is 9.82. The molecule has 0 spiro atoms. The van der Waals surface area contributed by atoms with Crippen LogP contribution in [-0.4, -0.2) is 41.2 Å². The van der Waals surface area contributed by atoms with Gasteiger partial charge in [0, 0.05) is 31.6 Å². The third kappa shape index (κ3) is 6.19. The number of carbonyl (C=O) groups is 2. The number of benzene rings is 2. The van der Waals surface area contributed by atoms with Gasteiger partial charge in [0.25, 0.3) is 0 Å². The zero-order valence-electron chi connectivity index (χ0n) is 17.3. The summed E-state index contributed by atoms with van der Waals surface area (Å²) in [6.45, 7) is 1.33. The molecule has 3 aromatic rings. The fourth-order valence-corrected chi connectivity index (χ4v) is 3.06. The Morgan fingerprint density at radius 1 is 1.12 bits per heavy atom. The highest BCUT2D eigenvalue weighted by atomic mass is 19.1. The van der Waals surface area contributed by atoms with E-state index < -0.39 is 18.0 Å². The lowest BCUT2D eigenvalue weighted by molar-refractivity contribution is -0.136. The van der Waals surface area contributed by atoms with Crippen LogP contribution in [0.25, 0.3) is 10.8 Å². The third-order valence-electron chi connectivity index (χ3n) is 4.64. The van der Waals surface area contributed by atoms with Crippen molar-refractivity contribution in [2.45, 2.75) is 19.5 Å². The average Bonchev–Trinajstić information content (AvgIpc) is 2.75. The van der Waals surface area contributed by atoms with Crippen LogP contribution in [0.1, 0.15) is 12.5 Å². The SMILES string of the molecule is CC(=O)N(NCc1cccc(F)c1)[C@@H](CN)COC(=O)Nc1cc2cc(F)ccc2cn1. The largest absolute Gasteiger partial charge is 0.447 e. The number of hydrazine groups is 1. The van der Waals surface area contributed by atoms with Gasteiger partial charge in [0.1, 0.15) is 24.1 Å². The van der Waals surface area contributed by atoms with E-state index in [0.29, 0.717) is 10.9 Å². The predicted octanol–water partition coefficient (Wildman–Crippen LogP) is 2.94. The molecule has 4 N–H and O–H groups in total. The molecule has 0 fully saturated rings. The van der Waals surface area contributed by atoms with Crippen molar-refractivity contribution in [3.63, 3.8) is 0 Å². The van der Waals surface area contributed by atoms with Gasteiger partial charge in [-0.3, -0.25) is 15.1 Å². The van der Waals surface area contributed by atoms with Crippen LogP contribution in [0.5, 0.6) is 0 Å². The number of anilines is 1. The molecule has 0 saturated heterocycles. The Balaban J connectivity index is 1.58. The maximum absolute atomic E-state index is 13.4. The van der Waals surface area contributed by atoms with Gasteiger partial charge in [-0.25, -0.2) is 24.0 Å². The summed E-state index contributed by atoms with van der Waals surface area (Å²) in [5.41, 5.74) is 9.29. The normalized spacial score (nSPS) is 11.8. The van der Waals surface area contributed by atoms with E-state index in [-0.39, 0.29) is 37.2 Å². The molecule has 1 heterocycles. The minimum atomic E-state index is -0.805. The molecule has 32 heavy (non-hydrogen) atoms. The number of nitrogens with one attached hydrogen (secondary N) is 2. The number of nitrogens with two attached hydrogens (primary N) is 1. The molecule has 0 aliphatic heterocycles. The quantitative estimate of drug-likeness (QED) is 0.462. The number of fused-ring (bicyclic) bond motifs is 1.